The monoisotopic (exact) mass is 320 g/mol. The van der Waals surface area contributed by atoms with Crippen molar-refractivity contribution in [2.24, 2.45) is 0 Å². The molecule has 0 amide bonds. The average Bonchev–Trinajstić information content (AvgIpc) is 2.99. The van der Waals surface area contributed by atoms with E-state index < -0.39 is 5.92 Å². The average molecular weight is 320 g/mol. The van der Waals surface area contributed by atoms with E-state index in [0.717, 1.165) is 11.3 Å². The first-order chi connectivity index (χ1) is 11.2. The molecule has 114 valence electrons. The number of carbonyl (C=O) groups is 1. The molecule has 0 saturated carbocycles. The predicted molar refractivity (Wildman–Crippen MR) is 92.5 cm³/mol. The van der Waals surface area contributed by atoms with E-state index in [9.17, 15) is 10.1 Å². The van der Waals surface area contributed by atoms with Crippen LogP contribution >= 0.6 is 11.3 Å². The second-order valence-electron chi connectivity index (χ2n) is 5.54. The number of Topliss-reactive ketones (excluding diaryl/α,β-unsaturated/α-hetero) is 1. The molecule has 1 heterocycles. The fourth-order valence-corrected chi connectivity index (χ4v) is 3.44. The van der Waals surface area contributed by atoms with Gasteiger partial charge < -0.3 is 0 Å². The van der Waals surface area contributed by atoms with Gasteiger partial charge in [-0.25, -0.2) is 4.98 Å². The summed E-state index contributed by atoms with van der Waals surface area (Å²) in [4.78, 5) is 16.6. The zero-order chi connectivity index (χ0) is 16.2. The number of carbonyl (C=O) groups excluding carboxylic acids is 1. The largest absolute Gasteiger partial charge is 0.298 e. The molecule has 1 unspecified atom stereocenters. The van der Waals surface area contributed by atoms with Gasteiger partial charge in [0.1, 0.15) is 5.01 Å². The molecule has 0 N–H and O–H groups in total. The van der Waals surface area contributed by atoms with E-state index in [1.54, 1.807) is 0 Å². The third-order valence-corrected chi connectivity index (χ3v) is 4.84. The standard InChI is InChI=1S/C19H16N2OS/c1-13-12-23-19(21-13)17(11-20)18(22)9-7-14-6-8-15-4-2-3-5-16(15)10-14/h2-6,8,10,12,17H,7,9H2,1H3. The molecule has 3 aromatic rings. The first-order valence-corrected chi connectivity index (χ1v) is 8.37. The summed E-state index contributed by atoms with van der Waals surface area (Å²) in [7, 11) is 0. The Balaban J connectivity index is 1.71. The van der Waals surface area contributed by atoms with Crippen molar-refractivity contribution >= 4 is 27.9 Å². The fourth-order valence-electron chi connectivity index (χ4n) is 2.58. The quantitative estimate of drug-likeness (QED) is 0.699. The highest BCUT2D eigenvalue weighted by molar-refractivity contribution is 7.09. The van der Waals surface area contributed by atoms with Crippen LogP contribution in [0.1, 0.15) is 28.6 Å². The van der Waals surface area contributed by atoms with Crippen LogP contribution in [0.2, 0.25) is 0 Å². The lowest BCUT2D eigenvalue weighted by Crippen LogP contribution is -2.11. The number of fused-ring (bicyclic) bond motifs is 1. The minimum absolute atomic E-state index is 0.0602. The van der Waals surface area contributed by atoms with Gasteiger partial charge in [0.2, 0.25) is 0 Å². The van der Waals surface area contributed by atoms with Crippen LogP contribution in [-0.2, 0) is 11.2 Å². The maximum atomic E-state index is 12.4. The van der Waals surface area contributed by atoms with E-state index in [-0.39, 0.29) is 5.78 Å². The van der Waals surface area contributed by atoms with Gasteiger partial charge in [0.25, 0.3) is 0 Å². The van der Waals surface area contributed by atoms with Crippen molar-refractivity contribution in [1.82, 2.24) is 4.98 Å². The molecule has 0 fully saturated rings. The van der Waals surface area contributed by atoms with Crippen molar-refractivity contribution < 1.29 is 4.79 Å². The summed E-state index contributed by atoms with van der Waals surface area (Å²) in [6.07, 6.45) is 1.00. The lowest BCUT2D eigenvalue weighted by Gasteiger charge is -2.06. The molecule has 0 aliphatic carbocycles. The van der Waals surface area contributed by atoms with E-state index in [4.69, 9.17) is 0 Å². The van der Waals surface area contributed by atoms with Gasteiger partial charge in [-0.3, -0.25) is 4.79 Å². The Morgan fingerprint density at radius 3 is 2.74 bits per heavy atom. The van der Waals surface area contributed by atoms with Gasteiger partial charge in [-0.2, -0.15) is 5.26 Å². The predicted octanol–water partition coefficient (Wildman–Crippen LogP) is 4.41. The molecule has 3 nitrogen and oxygen atoms in total. The molecule has 1 aromatic heterocycles. The van der Waals surface area contributed by atoms with Crippen molar-refractivity contribution in [2.45, 2.75) is 25.7 Å². The zero-order valence-electron chi connectivity index (χ0n) is 12.8. The molecule has 1 atom stereocenters. The van der Waals surface area contributed by atoms with Gasteiger partial charge >= 0.3 is 0 Å². The van der Waals surface area contributed by atoms with Gasteiger partial charge in [0.05, 0.1) is 6.07 Å². The molecule has 0 aliphatic heterocycles. The molecule has 0 saturated heterocycles. The van der Waals surface area contributed by atoms with Crippen LogP contribution in [0.15, 0.2) is 47.8 Å². The zero-order valence-corrected chi connectivity index (χ0v) is 13.6. The second-order valence-corrected chi connectivity index (χ2v) is 6.43. The SMILES string of the molecule is Cc1csc(C(C#N)C(=O)CCc2ccc3ccccc3c2)n1. The van der Waals surface area contributed by atoms with Crippen LogP contribution in [0.3, 0.4) is 0 Å². The Morgan fingerprint density at radius 2 is 2.04 bits per heavy atom. The minimum Gasteiger partial charge on any atom is -0.298 e. The van der Waals surface area contributed by atoms with Crippen LogP contribution in [0.5, 0.6) is 0 Å². The topological polar surface area (TPSA) is 53.8 Å². The summed E-state index contributed by atoms with van der Waals surface area (Å²) in [5.74, 6) is -0.802. The number of rotatable bonds is 5. The molecule has 23 heavy (non-hydrogen) atoms. The van der Waals surface area contributed by atoms with E-state index in [1.165, 1.54) is 22.1 Å². The minimum atomic E-state index is -0.742. The van der Waals surface area contributed by atoms with Gasteiger partial charge in [-0.05, 0) is 29.7 Å². The number of thiazole rings is 1. The number of aryl methyl sites for hydroxylation is 2. The molecular formula is C19H16N2OS. The Hall–Kier alpha value is -2.51. The lowest BCUT2D eigenvalue weighted by atomic mass is 9.98. The number of nitriles is 1. The van der Waals surface area contributed by atoms with Crippen LogP contribution in [-0.4, -0.2) is 10.8 Å². The van der Waals surface area contributed by atoms with Crippen LogP contribution < -0.4 is 0 Å². The van der Waals surface area contributed by atoms with Crippen molar-refractivity contribution in [2.75, 3.05) is 0 Å². The second kappa shape index (κ2) is 6.72. The molecule has 0 radical (unpaired) electrons. The van der Waals surface area contributed by atoms with Crippen LogP contribution in [0.25, 0.3) is 10.8 Å². The number of benzene rings is 2. The van der Waals surface area contributed by atoms with Gasteiger partial charge in [0, 0.05) is 17.5 Å². The van der Waals surface area contributed by atoms with E-state index in [2.05, 4.69) is 35.3 Å². The molecule has 0 bridgehead atoms. The van der Waals surface area contributed by atoms with Crippen molar-refractivity contribution in [3.05, 3.63) is 64.1 Å². The summed E-state index contributed by atoms with van der Waals surface area (Å²) in [5.41, 5.74) is 1.97. The number of hydrogen-bond donors (Lipinski definition) is 0. The maximum Gasteiger partial charge on any atom is 0.157 e. The van der Waals surface area contributed by atoms with E-state index in [1.807, 2.05) is 30.5 Å². The lowest BCUT2D eigenvalue weighted by molar-refractivity contribution is -0.119. The Morgan fingerprint density at radius 1 is 1.26 bits per heavy atom. The number of hydrogen-bond acceptors (Lipinski definition) is 4. The van der Waals surface area contributed by atoms with E-state index >= 15 is 0 Å². The molecule has 0 aliphatic rings. The van der Waals surface area contributed by atoms with E-state index in [0.29, 0.717) is 17.8 Å². The number of aromatic nitrogens is 1. The molecule has 0 spiro atoms. The highest BCUT2D eigenvalue weighted by atomic mass is 32.1. The van der Waals surface area contributed by atoms with Gasteiger partial charge in [-0.1, -0.05) is 42.5 Å². The summed E-state index contributed by atoms with van der Waals surface area (Å²) < 4.78 is 0. The molecular weight excluding hydrogens is 304 g/mol. The normalized spacial score (nSPS) is 12.0. The van der Waals surface area contributed by atoms with Crippen LogP contribution in [0, 0.1) is 18.3 Å². The first-order valence-electron chi connectivity index (χ1n) is 7.49. The van der Waals surface area contributed by atoms with Crippen molar-refractivity contribution in [3.8, 4) is 6.07 Å². The highest BCUT2D eigenvalue weighted by Gasteiger charge is 2.22. The summed E-state index contributed by atoms with van der Waals surface area (Å²) >= 11 is 1.38. The number of ketones is 1. The highest BCUT2D eigenvalue weighted by Crippen LogP contribution is 2.23. The molecule has 2 aromatic carbocycles. The van der Waals surface area contributed by atoms with Gasteiger partial charge in [0.15, 0.2) is 11.7 Å². The van der Waals surface area contributed by atoms with Crippen molar-refractivity contribution in [1.29, 1.82) is 5.26 Å². The Kier molecular flexibility index (Phi) is 4.50. The molecule has 4 heteroatoms. The third kappa shape index (κ3) is 3.46. The third-order valence-electron chi connectivity index (χ3n) is 3.81. The summed E-state index contributed by atoms with van der Waals surface area (Å²) in [5, 5.41) is 14.1. The summed E-state index contributed by atoms with van der Waals surface area (Å²) in [6, 6.07) is 16.5. The smallest absolute Gasteiger partial charge is 0.157 e. The molecule has 3 rings (SSSR count). The Labute approximate surface area is 139 Å². The first kappa shape index (κ1) is 15.4. The van der Waals surface area contributed by atoms with Crippen molar-refractivity contribution in [3.63, 3.8) is 0 Å². The number of nitrogens with zero attached hydrogens (tertiary/aromatic N) is 2. The Bertz CT molecular complexity index is 892. The van der Waals surface area contributed by atoms with Crippen LogP contribution in [0.4, 0.5) is 0 Å². The fraction of sp³-hybridized carbons (Fsp3) is 0.211. The maximum absolute atomic E-state index is 12.4. The summed E-state index contributed by atoms with van der Waals surface area (Å²) in [6.45, 7) is 1.87. The van der Waals surface area contributed by atoms with Gasteiger partial charge in [-0.15, -0.1) is 11.3 Å².